The minimum Gasteiger partial charge on any atom is -0.494 e. The highest BCUT2D eigenvalue weighted by molar-refractivity contribution is 6.06. The van der Waals surface area contributed by atoms with Gasteiger partial charge in [-0.3, -0.25) is 9.69 Å². The van der Waals surface area contributed by atoms with Gasteiger partial charge in [0.15, 0.2) is 0 Å². The number of aromatic nitrogens is 2. The van der Waals surface area contributed by atoms with E-state index in [1.165, 1.54) is 7.11 Å². The van der Waals surface area contributed by atoms with Crippen molar-refractivity contribution in [1.29, 1.82) is 0 Å². The van der Waals surface area contributed by atoms with Gasteiger partial charge in [-0.15, -0.1) is 0 Å². The van der Waals surface area contributed by atoms with E-state index >= 15 is 0 Å². The second-order valence-electron chi connectivity index (χ2n) is 11.1. The lowest BCUT2D eigenvalue weighted by Gasteiger charge is -2.36. The first kappa shape index (κ1) is 30.4. The van der Waals surface area contributed by atoms with Crippen molar-refractivity contribution in [2.75, 3.05) is 74.4 Å². The van der Waals surface area contributed by atoms with Gasteiger partial charge in [0.1, 0.15) is 17.1 Å². The molecule has 1 aromatic heterocycles. The molecule has 0 aliphatic carbocycles. The molecule has 10 nitrogen and oxygen atoms in total. The van der Waals surface area contributed by atoms with Crippen LogP contribution in [0.1, 0.15) is 30.5 Å². The summed E-state index contributed by atoms with van der Waals surface area (Å²) in [5.74, 6) is -0.0521. The fourth-order valence-electron chi connectivity index (χ4n) is 5.50. The van der Waals surface area contributed by atoms with Crippen molar-refractivity contribution in [2.45, 2.75) is 32.0 Å². The molecule has 0 bridgehead atoms. The first-order valence-electron chi connectivity index (χ1n) is 14.0. The summed E-state index contributed by atoms with van der Waals surface area (Å²) in [5, 5.41) is 8.69. The molecular formula is C30H36F3N7O3. The Balaban J connectivity index is 1.34. The number of carbonyl (C=O) groups excluding carboxylic acids is 1. The van der Waals surface area contributed by atoms with E-state index in [4.69, 9.17) is 9.47 Å². The molecule has 0 atom stereocenters. The zero-order valence-electron chi connectivity index (χ0n) is 24.6. The van der Waals surface area contributed by atoms with Crippen LogP contribution in [-0.4, -0.2) is 74.3 Å². The lowest BCUT2D eigenvalue weighted by molar-refractivity contribution is -0.137. The van der Waals surface area contributed by atoms with Crippen molar-refractivity contribution >= 4 is 34.7 Å². The summed E-state index contributed by atoms with van der Waals surface area (Å²) in [4.78, 5) is 25.2. The zero-order chi connectivity index (χ0) is 30.8. The number of halogens is 3. The zero-order valence-corrected chi connectivity index (χ0v) is 24.6. The number of nitrogens with zero attached hydrogens (tertiary/aromatic N) is 4. The van der Waals surface area contributed by atoms with Crippen LogP contribution < -0.4 is 25.6 Å². The topological polar surface area (TPSA) is 104 Å². The SMILES string of the molecule is COCCN1CCN(c2ccc(Nc3ncc(C(F)(F)F)c(NCc4cccc5c4C(C)(C)C(=O)N5)n3)c(OC)c2)CC1. The molecule has 2 aromatic carbocycles. The van der Waals surface area contributed by atoms with Crippen molar-refractivity contribution in [3.63, 3.8) is 0 Å². The third-order valence-corrected chi connectivity index (χ3v) is 7.91. The van der Waals surface area contributed by atoms with Gasteiger partial charge in [0.25, 0.3) is 0 Å². The molecule has 0 radical (unpaired) electrons. The highest BCUT2D eigenvalue weighted by atomic mass is 19.4. The van der Waals surface area contributed by atoms with Gasteiger partial charge < -0.3 is 30.3 Å². The lowest BCUT2D eigenvalue weighted by Crippen LogP contribution is -2.47. The van der Waals surface area contributed by atoms with Gasteiger partial charge in [-0.2, -0.15) is 18.2 Å². The summed E-state index contributed by atoms with van der Waals surface area (Å²) in [6, 6.07) is 11.0. The van der Waals surface area contributed by atoms with Gasteiger partial charge in [0.2, 0.25) is 11.9 Å². The third kappa shape index (κ3) is 6.47. The number of ether oxygens (including phenoxy) is 2. The fourth-order valence-corrected chi connectivity index (χ4v) is 5.50. The summed E-state index contributed by atoms with van der Waals surface area (Å²) in [7, 11) is 3.23. The molecule has 1 saturated heterocycles. The maximum absolute atomic E-state index is 13.9. The molecule has 0 saturated carbocycles. The molecule has 13 heteroatoms. The lowest BCUT2D eigenvalue weighted by atomic mass is 9.83. The normalized spacial score (nSPS) is 16.5. The number of piperazine rings is 1. The van der Waals surface area contributed by atoms with Crippen molar-refractivity contribution in [2.24, 2.45) is 0 Å². The predicted molar refractivity (Wildman–Crippen MR) is 159 cm³/mol. The average Bonchev–Trinajstić information content (AvgIpc) is 3.22. The van der Waals surface area contributed by atoms with Crippen LogP contribution in [-0.2, 0) is 27.7 Å². The van der Waals surface area contributed by atoms with Crippen LogP contribution in [0.4, 0.5) is 42.0 Å². The molecule has 1 amide bonds. The van der Waals surface area contributed by atoms with E-state index in [9.17, 15) is 18.0 Å². The maximum Gasteiger partial charge on any atom is 0.421 e. The molecule has 5 rings (SSSR count). The Morgan fingerprint density at radius 2 is 1.86 bits per heavy atom. The molecule has 3 heterocycles. The Morgan fingerprint density at radius 3 is 2.56 bits per heavy atom. The maximum atomic E-state index is 13.9. The predicted octanol–water partition coefficient (Wildman–Crippen LogP) is 4.86. The number of methoxy groups -OCH3 is 2. The van der Waals surface area contributed by atoms with Crippen LogP contribution in [0, 0.1) is 0 Å². The number of rotatable bonds is 10. The fraction of sp³-hybridized carbons (Fsp3) is 0.433. The van der Waals surface area contributed by atoms with Crippen LogP contribution in [0.2, 0.25) is 0 Å². The van der Waals surface area contributed by atoms with Crippen molar-refractivity contribution < 1.29 is 27.4 Å². The van der Waals surface area contributed by atoms with Gasteiger partial charge in [-0.1, -0.05) is 12.1 Å². The number of hydrogen-bond acceptors (Lipinski definition) is 9. The Morgan fingerprint density at radius 1 is 1.09 bits per heavy atom. The molecule has 3 N–H and O–H groups in total. The van der Waals surface area contributed by atoms with Crippen molar-refractivity contribution in [3.05, 3.63) is 59.3 Å². The van der Waals surface area contributed by atoms with Gasteiger partial charge >= 0.3 is 6.18 Å². The summed E-state index contributed by atoms with van der Waals surface area (Å²) >= 11 is 0. The molecule has 0 unspecified atom stereocenters. The highest BCUT2D eigenvalue weighted by Gasteiger charge is 2.40. The number of nitrogens with one attached hydrogen (secondary N) is 3. The Kier molecular flexibility index (Phi) is 8.65. The quantitative estimate of drug-likeness (QED) is 0.302. The van der Waals surface area contributed by atoms with Crippen molar-refractivity contribution in [1.82, 2.24) is 14.9 Å². The van der Waals surface area contributed by atoms with E-state index in [1.54, 1.807) is 45.2 Å². The summed E-state index contributed by atoms with van der Waals surface area (Å²) < 4.78 is 52.6. The van der Waals surface area contributed by atoms with E-state index in [0.717, 1.165) is 50.2 Å². The number of benzene rings is 2. The molecule has 2 aliphatic heterocycles. The van der Waals surface area contributed by atoms with Crippen LogP contribution in [0.25, 0.3) is 0 Å². The van der Waals surface area contributed by atoms with Crippen LogP contribution >= 0.6 is 0 Å². The largest absolute Gasteiger partial charge is 0.494 e. The smallest absolute Gasteiger partial charge is 0.421 e. The standard InChI is InChI=1S/C30H36F3N7O3/c1-29(2)25-19(6-5-7-23(25)36-27(29)41)17-34-26-21(30(31,32)33)18-35-28(38-26)37-22-9-8-20(16-24(22)43-4)40-12-10-39(11-13-40)14-15-42-3/h5-9,16,18H,10-15,17H2,1-4H3,(H,36,41)(H2,34,35,37,38). The van der Waals surface area contributed by atoms with Crippen LogP contribution in [0.3, 0.4) is 0 Å². The first-order chi connectivity index (χ1) is 20.5. The van der Waals surface area contributed by atoms with E-state index in [2.05, 4.69) is 35.7 Å². The number of alkyl halides is 3. The Hall–Kier alpha value is -4.10. The first-order valence-corrected chi connectivity index (χ1v) is 14.0. The van der Waals surface area contributed by atoms with Gasteiger partial charge in [-0.25, -0.2) is 4.98 Å². The monoisotopic (exact) mass is 599 g/mol. The van der Waals surface area contributed by atoms with E-state index in [-0.39, 0.29) is 24.2 Å². The molecule has 1 fully saturated rings. The minimum absolute atomic E-state index is 0.0243. The molecule has 43 heavy (non-hydrogen) atoms. The number of anilines is 5. The molecule has 2 aliphatic rings. The van der Waals surface area contributed by atoms with Crippen LogP contribution in [0.15, 0.2) is 42.6 Å². The number of fused-ring (bicyclic) bond motifs is 1. The van der Waals surface area contributed by atoms with Crippen molar-refractivity contribution in [3.8, 4) is 5.75 Å². The van der Waals surface area contributed by atoms with Gasteiger partial charge in [0.05, 0.1) is 24.8 Å². The van der Waals surface area contributed by atoms with Crippen LogP contribution in [0.5, 0.6) is 5.75 Å². The summed E-state index contributed by atoms with van der Waals surface area (Å²) in [6.45, 7) is 8.71. The molecular weight excluding hydrogens is 563 g/mol. The average molecular weight is 600 g/mol. The van der Waals surface area contributed by atoms with E-state index < -0.39 is 17.2 Å². The third-order valence-electron chi connectivity index (χ3n) is 7.91. The second kappa shape index (κ2) is 12.3. The highest BCUT2D eigenvalue weighted by Crippen LogP contribution is 2.41. The van der Waals surface area contributed by atoms with E-state index in [1.807, 2.05) is 12.1 Å². The number of amides is 1. The van der Waals surface area contributed by atoms with Gasteiger partial charge in [0, 0.05) is 70.0 Å². The number of hydrogen-bond donors (Lipinski definition) is 3. The summed E-state index contributed by atoms with van der Waals surface area (Å²) in [5.41, 5.74) is 1.77. The molecule has 3 aromatic rings. The Bertz CT molecular complexity index is 1470. The van der Waals surface area contributed by atoms with Gasteiger partial charge in [-0.05, 0) is 43.2 Å². The number of carbonyl (C=O) groups is 1. The second-order valence-corrected chi connectivity index (χ2v) is 11.1. The molecule has 230 valence electrons. The Labute approximate surface area is 248 Å². The minimum atomic E-state index is -4.68. The summed E-state index contributed by atoms with van der Waals surface area (Å²) in [6.07, 6.45) is -3.92. The van der Waals surface area contributed by atoms with E-state index in [0.29, 0.717) is 29.3 Å². The molecule has 0 spiro atoms.